The largest absolute Gasteiger partial charge is 0.359 e. The van der Waals surface area contributed by atoms with Gasteiger partial charge in [-0.3, -0.25) is 4.79 Å². The van der Waals surface area contributed by atoms with Crippen LogP contribution in [0.25, 0.3) is 0 Å². The first kappa shape index (κ1) is 9.97. The van der Waals surface area contributed by atoms with E-state index >= 15 is 0 Å². The summed E-state index contributed by atoms with van der Waals surface area (Å²) in [4.78, 5) is 11.4. The molecule has 0 radical (unpaired) electrons. The molecule has 0 saturated heterocycles. The van der Waals surface area contributed by atoms with Gasteiger partial charge < -0.3 is 10.6 Å². The summed E-state index contributed by atoms with van der Waals surface area (Å²) in [5, 5.41) is 6.38. The lowest BCUT2D eigenvalue weighted by atomic mass is 9.85. The lowest BCUT2D eigenvalue weighted by Crippen LogP contribution is -2.38. The molecule has 14 heavy (non-hydrogen) atoms. The maximum Gasteiger partial charge on any atom is 0.222 e. The summed E-state index contributed by atoms with van der Waals surface area (Å²) in [5.41, 5.74) is 0. The molecule has 0 aromatic carbocycles. The minimum Gasteiger partial charge on any atom is -0.359 e. The first-order chi connectivity index (χ1) is 6.79. The molecule has 2 rings (SSSR count). The molecule has 2 saturated carbocycles. The van der Waals surface area contributed by atoms with Crippen LogP contribution in [0.4, 0.5) is 0 Å². The van der Waals surface area contributed by atoms with Crippen molar-refractivity contribution in [3.63, 3.8) is 0 Å². The molecule has 0 unspecified atom stereocenters. The average molecular weight is 196 g/mol. The van der Waals surface area contributed by atoms with E-state index in [2.05, 4.69) is 10.6 Å². The molecule has 2 N–H and O–H groups in total. The number of carbonyl (C=O) groups is 1. The predicted molar refractivity (Wildman–Crippen MR) is 56.0 cm³/mol. The summed E-state index contributed by atoms with van der Waals surface area (Å²) in [6, 6.07) is 1.49. The molecule has 2 aliphatic carbocycles. The fourth-order valence-corrected chi connectivity index (χ4v) is 2.31. The normalized spacial score (nSPS) is 32.6. The van der Waals surface area contributed by atoms with Gasteiger partial charge in [-0.05, 0) is 38.5 Å². The molecule has 3 nitrogen and oxygen atoms in total. The zero-order chi connectivity index (χ0) is 9.97. The highest BCUT2D eigenvalue weighted by molar-refractivity contribution is 5.78. The first-order valence-corrected chi connectivity index (χ1v) is 5.77. The molecule has 0 atom stereocenters. The Kier molecular flexibility index (Phi) is 3.06. The standard InChI is InChI=1S/C11H20N2O/c1-12-11(14)8-2-4-9(5-3-8)13-10-6-7-10/h8-10,13H,2-7H2,1H3,(H,12,14). The van der Waals surface area contributed by atoms with Gasteiger partial charge in [-0.15, -0.1) is 0 Å². The number of nitrogens with one attached hydrogen (secondary N) is 2. The lowest BCUT2D eigenvalue weighted by Gasteiger charge is -2.28. The van der Waals surface area contributed by atoms with E-state index in [1.807, 2.05) is 0 Å². The molecule has 0 heterocycles. The molecule has 1 amide bonds. The third kappa shape index (κ3) is 2.47. The van der Waals surface area contributed by atoms with Crippen molar-refractivity contribution in [2.45, 2.75) is 50.6 Å². The van der Waals surface area contributed by atoms with Crippen LogP contribution >= 0.6 is 0 Å². The Hall–Kier alpha value is -0.570. The van der Waals surface area contributed by atoms with Crippen molar-refractivity contribution in [1.29, 1.82) is 0 Å². The quantitative estimate of drug-likeness (QED) is 0.708. The van der Waals surface area contributed by atoms with E-state index in [9.17, 15) is 4.79 Å². The molecule has 2 aliphatic rings. The molecule has 0 bridgehead atoms. The Morgan fingerprint density at radius 2 is 1.50 bits per heavy atom. The van der Waals surface area contributed by atoms with Gasteiger partial charge in [0.15, 0.2) is 0 Å². The van der Waals surface area contributed by atoms with Crippen molar-refractivity contribution in [2.24, 2.45) is 5.92 Å². The van der Waals surface area contributed by atoms with Crippen LogP contribution in [0.15, 0.2) is 0 Å². The molecule has 0 aromatic rings. The van der Waals surface area contributed by atoms with Gasteiger partial charge >= 0.3 is 0 Å². The van der Waals surface area contributed by atoms with Gasteiger partial charge in [0, 0.05) is 25.0 Å². The van der Waals surface area contributed by atoms with Crippen LogP contribution in [0.1, 0.15) is 38.5 Å². The maximum absolute atomic E-state index is 11.4. The summed E-state index contributed by atoms with van der Waals surface area (Å²) in [6.07, 6.45) is 7.18. The minimum absolute atomic E-state index is 0.231. The second-order valence-electron chi connectivity index (χ2n) is 4.60. The zero-order valence-corrected chi connectivity index (χ0v) is 8.88. The molecule has 2 fully saturated rings. The zero-order valence-electron chi connectivity index (χ0n) is 8.88. The SMILES string of the molecule is CNC(=O)C1CCC(NC2CC2)CC1. The lowest BCUT2D eigenvalue weighted by molar-refractivity contribution is -0.125. The van der Waals surface area contributed by atoms with Gasteiger partial charge in [0.2, 0.25) is 5.91 Å². The molecule has 0 aliphatic heterocycles. The topological polar surface area (TPSA) is 41.1 Å². The van der Waals surface area contributed by atoms with Gasteiger partial charge in [0.1, 0.15) is 0 Å². The second kappa shape index (κ2) is 4.30. The van der Waals surface area contributed by atoms with Crippen LogP contribution < -0.4 is 10.6 Å². The van der Waals surface area contributed by atoms with Crippen molar-refractivity contribution in [3.05, 3.63) is 0 Å². The Morgan fingerprint density at radius 1 is 1.00 bits per heavy atom. The molecule has 80 valence electrons. The van der Waals surface area contributed by atoms with E-state index in [1.165, 1.54) is 25.7 Å². The van der Waals surface area contributed by atoms with Crippen molar-refractivity contribution in [2.75, 3.05) is 7.05 Å². The van der Waals surface area contributed by atoms with E-state index in [1.54, 1.807) is 7.05 Å². The molecular weight excluding hydrogens is 176 g/mol. The van der Waals surface area contributed by atoms with E-state index in [0.29, 0.717) is 6.04 Å². The van der Waals surface area contributed by atoms with Gasteiger partial charge in [-0.25, -0.2) is 0 Å². The van der Waals surface area contributed by atoms with E-state index in [0.717, 1.165) is 18.9 Å². The molecule has 3 heteroatoms. The highest BCUT2D eigenvalue weighted by Crippen LogP contribution is 2.27. The van der Waals surface area contributed by atoms with Crippen molar-refractivity contribution >= 4 is 5.91 Å². The summed E-state index contributed by atoms with van der Waals surface area (Å²) >= 11 is 0. The summed E-state index contributed by atoms with van der Waals surface area (Å²) in [6.45, 7) is 0. The van der Waals surface area contributed by atoms with Gasteiger partial charge in [0.05, 0.1) is 0 Å². The first-order valence-electron chi connectivity index (χ1n) is 5.77. The Bertz CT molecular complexity index is 205. The van der Waals surface area contributed by atoms with Crippen molar-refractivity contribution in [3.8, 4) is 0 Å². The van der Waals surface area contributed by atoms with Crippen molar-refractivity contribution < 1.29 is 4.79 Å². The predicted octanol–water partition coefficient (Wildman–Crippen LogP) is 1.04. The van der Waals surface area contributed by atoms with Crippen LogP contribution in [-0.4, -0.2) is 25.0 Å². The van der Waals surface area contributed by atoms with Crippen molar-refractivity contribution in [1.82, 2.24) is 10.6 Å². The summed E-state index contributed by atoms with van der Waals surface area (Å²) in [5.74, 6) is 0.507. The summed E-state index contributed by atoms with van der Waals surface area (Å²) in [7, 11) is 1.73. The van der Waals surface area contributed by atoms with Gasteiger partial charge in [-0.1, -0.05) is 0 Å². The number of carbonyl (C=O) groups excluding carboxylic acids is 1. The number of hydrogen-bond acceptors (Lipinski definition) is 2. The third-order valence-electron chi connectivity index (χ3n) is 3.39. The van der Waals surface area contributed by atoms with E-state index < -0.39 is 0 Å². The Labute approximate surface area is 85.6 Å². The van der Waals surface area contributed by atoms with Gasteiger partial charge in [-0.2, -0.15) is 0 Å². The fraction of sp³-hybridized carbons (Fsp3) is 0.909. The monoisotopic (exact) mass is 196 g/mol. The highest BCUT2D eigenvalue weighted by Gasteiger charge is 2.29. The van der Waals surface area contributed by atoms with Crippen LogP contribution in [0, 0.1) is 5.92 Å². The number of rotatable bonds is 3. The van der Waals surface area contributed by atoms with Crippen LogP contribution in [0.3, 0.4) is 0 Å². The fourth-order valence-electron chi connectivity index (χ4n) is 2.31. The Balaban J connectivity index is 1.71. The van der Waals surface area contributed by atoms with Crippen LogP contribution in [0.5, 0.6) is 0 Å². The summed E-state index contributed by atoms with van der Waals surface area (Å²) < 4.78 is 0. The average Bonchev–Trinajstić information content (AvgIpc) is 3.02. The number of hydrogen-bond donors (Lipinski definition) is 2. The van der Waals surface area contributed by atoms with Gasteiger partial charge in [0.25, 0.3) is 0 Å². The van der Waals surface area contributed by atoms with E-state index in [4.69, 9.17) is 0 Å². The minimum atomic E-state index is 0.231. The van der Waals surface area contributed by atoms with E-state index in [-0.39, 0.29) is 11.8 Å². The Morgan fingerprint density at radius 3 is 1.93 bits per heavy atom. The van der Waals surface area contributed by atoms with Crippen LogP contribution in [-0.2, 0) is 4.79 Å². The third-order valence-corrected chi connectivity index (χ3v) is 3.39. The highest BCUT2D eigenvalue weighted by atomic mass is 16.1. The molecule has 0 spiro atoms. The maximum atomic E-state index is 11.4. The molecular formula is C11H20N2O. The number of amides is 1. The molecule has 0 aromatic heterocycles. The second-order valence-corrected chi connectivity index (χ2v) is 4.60. The van der Waals surface area contributed by atoms with Crippen LogP contribution in [0.2, 0.25) is 0 Å². The smallest absolute Gasteiger partial charge is 0.222 e.